The van der Waals surface area contributed by atoms with Crippen LogP contribution >= 0.6 is 0 Å². The zero-order chi connectivity index (χ0) is 43.7. The Morgan fingerprint density at radius 1 is 0.750 bits per heavy atom. The van der Waals surface area contributed by atoms with E-state index in [2.05, 4.69) is 60.6 Å². The highest BCUT2D eigenvalue weighted by molar-refractivity contribution is 7.86. The van der Waals surface area contributed by atoms with Crippen molar-refractivity contribution in [2.24, 2.45) is 0 Å². The Balaban J connectivity index is 1.45. The Kier molecular flexibility index (Phi) is 13.2. The van der Waals surface area contributed by atoms with Crippen LogP contribution < -0.4 is 9.64 Å². The highest BCUT2D eigenvalue weighted by atomic mass is 32.2. The average Bonchev–Trinajstić information content (AvgIpc) is 3.52. The number of nitrogens with zero attached hydrogens (tertiary/aromatic N) is 2. The van der Waals surface area contributed by atoms with Crippen molar-refractivity contribution < 1.29 is 48.2 Å². The molecule has 15 heteroatoms. The van der Waals surface area contributed by atoms with Crippen LogP contribution in [0.5, 0.6) is 5.75 Å². The van der Waals surface area contributed by atoms with E-state index >= 15 is 0 Å². The fourth-order valence-electron chi connectivity index (χ4n) is 8.52. The van der Waals surface area contributed by atoms with Crippen LogP contribution in [0.4, 0.5) is 11.4 Å². The molecule has 3 aliphatic rings. The summed E-state index contributed by atoms with van der Waals surface area (Å²) in [5.41, 5.74) is 6.57. The van der Waals surface area contributed by atoms with E-state index in [4.69, 9.17) is 4.74 Å². The van der Waals surface area contributed by atoms with Crippen molar-refractivity contribution >= 4 is 47.4 Å². The van der Waals surface area contributed by atoms with Gasteiger partial charge < -0.3 is 9.64 Å². The van der Waals surface area contributed by atoms with E-state index in [-0.39, 0.29) is 15.5 Å². The number of rotatable bonds is 16. The van der Waals surface area contributed by atoms with Gasteiger partial charge in [-0.15, -0.1) is 0 Å². The van der Waals surface area contributed by atoms with Gasteiger partial charge in [0, 0.05) is 47.5 Å². The molecule has 0 bridgehead atoms. The number of para-hydroxylation sites is 1. The smallest absolute Gasteiger partial charge is 0.294 e. The topological polar surface area (TPSA) is 179 Å². The van der Waals surface area contributed by atoms with Gasteiger partial charge in [0.25, 0.3) is 30.4 Å². The first-order valence-corrected chi connectivity index (χ1v) is 24.8. The first-order valence-electron chi connectivity index (χ1n) is 20.3. The van der Waals surface area contributed by atoms with Gasteiger partial charge in [-0.05, 0) is 124 Å². The first-order chi connectivity index (χ1) is 28.1. The maximum atomic E-state index is 12.2. The Morgan fingerprint density at radius 2 is 1.43 bits per heavy atom. The number of benzene rings is 3. The number of ether oxygens (including phenoxy) is 1. The predicted molar refractivity (Wildman–Crippen MR) is 234 cm³/mol. The van der Waals surface area contributed by atoms with Crippen molar-refractivity contribution in [3.8, 4) is 5.75 Å². The first kappa shape index (κ1) is 45.2. The molecule has 0 saturated carbocycles. The van der Waals surface area contributed by atoms with Gasteiger partial charge in [-0.1, -0.05) is 51.5 Å². The number of allylic oxidation sites excluding steroid dienone is 7. The van der Waals surface area contributed by atoms with Crippen LogP contribution in [-0.4, -0.2) is 68.0 Å². The second-order valence-corrected chi connectivity index (χ2v) is 21.1. The lowest BCUT2D eigenvalue weighted by Gasteiger charge is -2.27. The summed E-state index contributed by atoms with van der Waals surface area (Å²) in [6.45, 7) is 11.8. The van der Waals surface area contributed by atoms with Crippen LogP contribution in [0.3, 0.4) is 0 Å². The summed E-state index contributed by atoms with van der Waals surface area (Å²) in [5.74, 6) is 0.659. The van der Waals surface area contributed by atoms with E-state index in [0.717, 1.165) is 70.7 Å². The molecule has 3 aromatic carbocycles. The SMILES string of the molecule is CCCCC[N+]1=C(/C=C/C2=C(Oc3ccc(S(=O)(=O)O)cc3)C(=C/C=C3/N(CCCCS(=O)(=O)O)c4ccccc4C3(C)C)/CCC2)C(C)(C)c2cc(S(=O)(=O)O)ccc21. The van der Waals surface area contributed by atoms with Gasteiger partial charge in [-0.25, -0.2) is 0 Å². The van der Waals surface area contributed by atoms with Crippen molar-refractivity contribution in [2.75, 3.05) is 23.7 Å². The predicted octanol–water partition coefficient (Wildman–Crippen LogP) is 9.10. The quantitative estimate of drug-likeness (QED) is 0.0710. The highest BCUT2D eigenvalue weighted by Crippen LogP contribution is 2.48. The highest BCUT2D eigenvalue weighted by Gasteiger charge is 2.45. The van der Waals surface area contributed by atoms with Crippen LogP contribution in [0.2, 0.25) is 0 Å². The molecule has 60 heavy (non-hydrogen) atoms. The number of fused-ring (bicyclic) bond motifs is 2. The molecule has 0 unspecified atom stereocenters. The molecule has 6 rings (SSSR count). The molecule has 0 fully saturated rings. The minimum absolute atomic E-state index is 0.159. The van der Waals surface area contributed by atoms with Gasteiger partial charge in [-0.3, -0.25) is 13.7 Å². The maximum Gasteiger partial charge on any atom is 0.294 e. The largest absolute Gasteiger partial charge is 0.457 e. The van der Waals surface area contributed by atoms with Crippen molar-refractivity contribution in [3.05, 3.63) is 125 Å². The third-order valence-electron chi connectivity index (χ3n) is 11.7. The summed E-state index contributed by atoms with van der Waals surface area (Å²) in [6, 6.07) is 18.4. The number of unbranched alkanes of at least 4 members (excludes halogenated alkanes) is 3. The Morgan fingerprint density at radius 3 is 2.10 bits per heavy atom. The third-order valence-corrected chi connectivity index (χ3v) is 14.2. The fraction of sp³-hybridized carbons (Fsp3) is 0.400. The van der Waals surface area contributed by atoms with Gasteiger partial charge in [0.05, 0.1) is 21.0 Å². The summed E-state index contributed by atoms with van der Waals surface area (Å²) in [6.07, 6.45) is 14.2. The molecule has 322 valence electrons. The molecular weight excluding hydrogens is 825 g/mol. The molecule has 0 spiro atoms. The van der Waals surface area contributed by atoms with Gasteiger partial charge in [0.2, 0.25) is 5.69 Å². The number of anilines is 1. The summed E-state index contributed by atoms with van der Waals surface area (Å²) in [7, 11) is -12.9. The molecule has 0 aromatic heterocycles. The summed E-state index contributed by atoms with van der Waals surface area (Å²) >= 11 is 0. The molecular formula is C45H55N2O10S3+. The van der Waals surface area contributed by atoms with Crippen LogP contribution in [-0.2, 0) is 41.2 Å². The lowest BCUT2D eigenvalue weighted by Crippen LogP contribution is -2.28. The van der Waals surface area contributed by atoms with Gasteiger partial charge in [0.15, 0.2) is 5.71 Å². The molecule has 0 amide bonds. The second-order valence-electron chi connectivity index (χ2n) is 16.6. The second kappa shape index (κ2) is 17.5. The minimum Gasteiger partial charge on any atom is -0.457 e. The summed E-state index contributed by atoms with van der Waals surface area (Å²) in [5, 5.41) is 0. The lowest BCUT2D eigenvalue weighted by molar-refractivity contribution is -0.438. The molecule has 0 saturated heterocycles. The average molecular weight is 880 g/mol. The summed E-state index contributed by atoms with van der Waals surface area (Å²) in [4.78, 5) is 1.79. The molecule has 0 atom stereocenters. The Labute approximate surface area is 354 Å². The van der Waals surface area contributed by atoms with Crippen LogP contribution in [0, 0.1) is 0 Å². The summed E-state index contributed by atoms with van der Waals surface area (Å²) < 4.78 is 109. The van der Waals surface area contributed by atoms with Gasteiger partial charge in [0.1, 0.15) is 18.1 Å². The zero-order valence-electron chi connectivity index (χ0n) is 34.8. The monoisotopic (exact) mass is 879 g/mol. The van der Waals surface area contributed by atoms with Crippen molar-refractivity contribution in [1.82, 2.24) is 0 Å². The molecule has 12 nitrogen and oxygen atoms in total. The van der Waals surface area contributed by atoms with Gasteiger partial charge in [-0.2, -0.15) is 29.8 Å². The van der Waals surface area contributed by atoms with Gasteiger partial charge >= 0.3 is 0 Å². The third kappa shape index (κ3) is 9.87. The minimum atomic E-state index is -4.43. The van der Waals surface area contributed by atoms with E-state index in [1.165, 1.54) is 30.3 Å². The van der Waals surface area contributed by atoms with E-state index in [1.54, 1.807) is 12.1 Å². The van der Waals surface area contributed by atoms with E-state index in [1.807, 2.05) is 32.1 Å². The molecule has 1 aliphatic carbocycles. The Bertz CT molecular complexity index is 2640. The molecule has 3 N–H and O–H groups in total. The maximum absolute atomic E-state index is 12.2. The van der Waals surface area contributed by atoms with Crippen molar-refractivity contribution in [1.29, 1.82) is 0 Å². The standard InChI is InChI=1S/C45H54N2O10S3/c1-6-7-10-28-47-40-25-24-36(60(54,55)56)31-38(40)45(4,5)42(47)27-19-33-15-13-14-32(43(33)57-34-20-22-35(23-21-34)59(51,52)53)18-26-41-44(2,3)37-16-8-9-17-39(37)46(41)29-11-12-30-58(48,49)50/h8-9,16-27,31H,6-7,10-15,28-30H2,1-5H3,(H2-,48,49,50,51,52,53,54,55,56)/p+1. The number of hydrogen-bond acceptors (Lipinski definition) is 8. The molecule has 2 heterocycles. The molecule has 3 aromatic rings. The molecule has 0 radical (unpaired) electrons. The van der Waals surface area contributed by atoms with Crippen molar-refractivity contribution in [3.63, 3.8) is 0 Å². The van der Waals surface area contributed by atoms with Crippen LogP contribution in [0.15, 0.2) is 123 Å². The van der Waals surface area contributed by atoms with E-state index < -0.39 is 41.2 Å². The van der Waals surface area contributed by atoms with E-state index in [9.17, 15) is 38.9 Å². The normalized spacial score (nSPS) is 19.2. The van der Waals surface area contributed by atoms with E-state index in [0.29, 0.717) is 50.3 Å². The number of hydrogen-bond donors (Lipinski definition) is 3. The van der Waals surface area contributed by atoms with Crippen LogP contribution in [0.1, 0.15) is 97.1 Å². The fourth-order valence-corrected chi connectivity index (χ4v) is 10.1. The lowest BCUT2D eigenvalue weighted by atomic mass is 9.81. The zero-order valence-corrected chi connectivity index (χ0v) is 37.2. The Hall–Kier alpha value is -4.38. The molecule has 2 aliphatic heterocycles. The van der Waals surface area contributed by atoms with Crippen LogP contribution in [0.25, 0.3) is 0 Å². The van der Waals surface area contributed by atoms with Crippen molar-refractivity contribution in [2.45, 2.75) is 107 Å².